The first kappa shape index (κ1) is 30.0. The molecule has 0 unspecified atom stereocenters. The molecule has 0 saturated heterocycles. The lowest BCUT2D eigenvalue weighted by Crippen LogP contribution is -2.09. The lowest BCUT2D eigenvalue weighted by molar-refractivity contribution is 0.669. The van der Waals surface area contributed by atoms with Crippen molar-refractivity contribution in [1.82, 2.24) is 0 Å². The van der Waals surface area contributed by atoms with E-state index < -0.39 is 0 Å². The minimum Gasteiger partial charge on any atom is -0.456 e. The normalized spacial score (nSPS) is 11.8. The molecule has 0 aliphatic rings. The molecule has 0 fully saturated rings. The van der Waals surface area contributed by atoms with Gasteiger partial charge in [0.05, 0.1) is 0 Å². The van der Waals surface area contributed by atoms with Crippen molar-refractivity contribution < 1.29 is 4.42 Å². The van der Waals surface area contributed by atoms with Crippen LogP contribution in [0.15, 0.2) is 192 Å². The fourth-order valence-electron chi connectivity index (χ4n) is 8.02. The number of nitrogens with zero attached hydrogens (tertiary/aromatic N) is 1. The first-order valence-electron chi connectivity index (χ1n) is 18.0. The molecule has 0 atom stereocenters. The van der Waals surface area contributed by atoms with Gasteiger partial charge in [0.1, 0.15) is 11.2 Å². The minimum atomic E-state index is 0.944. The van der Waals surface area contributed by atoms with Gasteiger partial charge in [-0.1, -0.05) is 127 Å². The Bertz CT molecular complexity index is 3000. The van der Waals surface area contributed by atoms with E-state index in [9.17, 15) is 0 Å². The van der Waals surface area contributed by atoms with E-state index in [-0.39, 0.29) is 0 Å². The zero-order valence-electron chi connectivity index (χ0n) is 28.7. The third-order valence-corrected chi connectivity index (χ3v) is 11.7. The van der Waals surface area contributed by atoms with Gasteiger partial charge in [0.2, 0.25) is 0 Å². The zero-order valence-corrected chi connectivity index (χ0v) is 29.5. The lowest BCUT2D eigenvalue weighted by Gasteiger charge is -2.26. The van der Waals surface area contributed by atoms with Gasteiger partial charge in [-0.15, -0.1) is 11.3 Å². The van der Waals surface area contributed by atoms with Gasteiger partial charge in [-0.3, -0.25) is 0 Å². The molecule has 0 aliphatic carbocycles. The fraction of sp³-hybridized carbons (Fsp3) is 0. The molecular weight excluding hydrogens is 663 g/mol. The Morgan fingerprint density at radius 1 is 0.340 bits per heavy atom. The Kier molecular flexibility index (Phi) is 6.76. The number of fused-ring (bicyclic) bond motifs is 3. The smallest absolute Gasteiger partial charge is 0.136 e. The van der Waals surface area contributed by atoms with Crippen molar-refractivity contribution in [2.45, 2.75) is 0 Å². The van der Waals surface area contributed by atoms with Crippen LogP contribution in [0.3, 0.4) is 0 Å². The first-order valence-corrected chi connectivity index (χ1v) is 18.8. The van der Waals surface area contributed by atoms with Crippen LogP contribution in [0, 0.1) is 0 Å². The molecule has 11 aromatic rings. The van der Waals surface area contributed by atoms with Gasteiger partial charge in [0.15, 0.2) is 0 Å². The summed E-state index contributed by atoms with van der Waals surface area (Å²) < 4.78 is 8.91. The van der Waals surface area contributed by atoms with Crippen LogP contribution in [0.2, 0.25) is 0 Å². The van der Waals surface area contributed by atoms with E-state index in [2.05, 4.69) is 193 Å². The molecule has 0 amide bonds. The summed E-state index contributed by atoms with van der Waals surface area (Å²) in [6.07, 6.45) is 0. The third kappa shape index (κ3) is 5.01. The number of anilines is 3. The summed E-state index contributed by atoms with van der Waals surface area (Å²) in [6.45, 7) is 0. The molecule has 53 heavy (non-hydrogen) atoms. The zero-order chi connectivity index (χ0) is 34.9. The Hall–Kier alpha value is -6.68. The van der Waals surface area contributed by atoms with E-state index in [1.807, 2.05) is 11.3 Å². The van der Waals surface area contributed by atoms with Gasteiger partial charge >= 0.3 is 0 Å². The molecule has 2 nitrogen and oxygen atoms in total. The number of furan rings is 1. The SMILES string of the molecule is c1ccc(-c2ccc(N(c3ccc(-c4ccccc4)cc3)c3ccc4c(c3)sc3cc(-c5cc6ccc7cccc8oc(c5)c6c78)ccc34)cc2)cc1. The van der Waals surface area contributed by atoms with Crippen LogP contribution in [0.5, 0.6) is 0 Å². The predicted octanol–water partition coefficient (Wildman–Crippen LogP) is 15.0. The Morgan fingerprint density at radius 2 is 0.887 bits per heavy atom. The minimum absolute atomic E-state index is 0.944. The van der Waals surface area contributed by atoms with Gasteiger partial charge in [0, 0.05) is 48.0 Å². The Labute approximate surface area is 310 Å². The molecule has 0 aliphatic heterocycles. The van der Waals surface area contributed by atoms with Gasteiger partial charge < -0.3 is 9.32 Å². The monoisotopic (exact) mass is 693 g/mol. The number of hydrogen-bond donors (Lipinski definition) is 0. The molecular formula is C50H31NOS. The molecule has 2 aromatic heterocycles. The quantitative estimate of drug-likeness (QED) is 0.161. The Balaban J connectivity index is 1.00. The van der Waals surface area contributed by atoms with Crippen LogP contribution in [0.4, 0.5) is 17.1 Å². The summed E-state index contributed by atoms with van der Waals surface area (Å²) in [5, 5.41) is 7.42. The second-order valence-corrected chi connectivity index (χ2v) is 14.8. The molecule has 0 radical (unpaired) electrons. The summed E-state index contributed by atoms with van der Waals surface area (Å²) in [7, 11) is 0. The van der Waals surface area contributed by atoms with Crippen molar-refractivity contribution in [1.29, 1.82) is 0 Å². The fourth-order valence-corrected chi connectivity index (χ4v) is 9.20. The van der Waals surface area contributed by atoms with Crippen LogP contribution >= 0.6 is 11.3 Å². The Morgan fingerprint density at radius 3 is 1.57 bits per heavy atom. The topological polar surface area (TPSA) is 16.4 Å². The maximum absolute atomic E-state index is 6.38. The molecule has 11 rings (SSSR count). The van der Waals surface area contributed by atoms with Crippen molar-refractivity contribution in [3.63, 3.8) is 0 Å². The second kappa shape index (κ2) is 11.9. The molecule has 0 spiro atoms. The molecule has 9 aromatic carbocycles. The highest BCUT2D eigenvalue weighted by molar-refractivity contribution is 7.25. The van der Waals surface area contributed by atoms with Crippen LogP contribution < -0.4 is 4.90 Å². The number of rotatable bonds is 6. The van der Waals surface area contributed by atoms with E-state index in [0.29, 0.717) is 0 Å². The standard InChI is InChI=1S/C50H31NOS/c1-3-8-32(9-4-1)34-16-21-40(22-17-34)51(41-23-18-35(19-24-41)33-10-5-2-6-11-33)42-25-27-44-43-26-20-37(30-47(43)53-48(44)31-42)39-28-38-15-14-36-12-7-13-45-49(36)50(38)46(29-39)52-45/h1-31H. The highest BCUT2D eigenvalue weighted by Gasteiger charge is 2.18. The van der Waals surface area contributed by atoms with Crippen molar-refractivity contribution >= 4 is 81.3 Å². The van der Waals surface area contributed by atoms with E-state index in [1.165, 1.54) is 75.1 Å². The molecule has 3 heteroatoms. The second-order valence-electron chi connectivity index (χ2n) is 13.7. The molecule has 0 saturated carbocycles. The molecule has 0 bridgehead atoms. The summed E-state index contributed by atoms with van der Waals surface area (Å²) in [6, 6.07) is 68.0. The van der Waals surface area contributed by atoms with Crippen molar-refractivity contribution in [3.05, 3.63) is 188 Å². The van der Waals surface area contributed by atoms with E-state index in [0.717, 1.165) is 28.2 Å². The largest absolute Gasteiger partial charge is 0.456 e. The maximum Gasteiger partial charge on any atom is 0.136 e. The first-order chi connectivity index (χ1) is 26.2. The number of thiophene rings is 1. The predicted molar refractivity (Wildman–Crippen MR) is 226 cm³/mol. The van der Waals surface area contributed by atoms with Crippen LogP contribution in [0.25, 0.3) is 86.3 Å². The average Bonchev–Trinajstić information content (AvgIpc) is 3.79. The van der Waals surface area contributed by atoms with Gasteiger partial charge in [-0.05, 0) is 105 Å². The van der Waals surface area contributed by atoms with Crippen molar-refractivity contribution in [3.8, 4) is 33.4 Å². The highest BCUT2D eigenvalue weighted by atomic mass is 32.1. The molecule has 2 heterocycles. The molecule has 0 N–H and O–H groups in total. The number of benzene rings is 9. The summed E-state index contributed by atoms with van der Waals surface area (Å²) >= 11 is 1.85. The van der Waals surface area contributed by atoms with E-state index in [4.69, 9.17) is 4.42 Å². The van der Waals surface area contributed by atoms with Gasteiger partial charge in [0.25, 0.3) is 0 Å². The summed E-state index contributed by atoms with van der Waals surface area (Å²) in [4.78, 5) is 2.37. The van der Waals surface area contributed by atoms with Crippen LogP contribution in [-0.2, 0) is 0 Å². The number of hydrogen-bond acceptors (Lipinski definition) is 3. The average molecular weight is 694 g/mol. The summed E-state index contributed by atoms with van der Waals surface area (Å²) in [5.74, 6) is 0. The van der Waals surface area contributed by atoms with Crippen LogP contribution in [0.1, 0.15) is 0 Å². The summed E-state index contributed by atoms with van der Waals surface area (Å²) in [5.41, 5.74) is 12.5. The van der Waals surface area contributed by atoms with Crippen molar-refractivity contribution in [2.75, 3.05) is 4.90 Å². The third-order valence-electron chi connectivity index (χ3n) is 10.6. The van der Waals surface area contributed by atoms with Gasteiger partial charge in [-0.25, -0.2) is 0 Å². The van der Waals surface area contributed by atoms with Crippen molar-refractivity contribution in [2.24, 2.45) is 0 Å². The lowest BCUT2D eigenvalue weighted by atomic mass is 9.97. The van der Waals surface area contributed by atoms with E-state index >= 15 is 0 Å². The maximum atomic E-state index is 6.38. The van der Waals surface area contributed by atoms with Crippen LogP contribution in [-0.4, -0.2) is 0 Å². The van der Waals surface area contributed by atoms with Gasteiger partial charge in [-0.2, -0.15) is 0 Å². The van der Waals surface area contributed by atoms with E-state index in [1.54, 1.807) is 0 Å². The molecule has 248 valence electrons. The highest BCUT2D eigenvalue weighted by Crippen LogP contribution is 2.44.